The molecule has 0 fully saturated rings. The van der Waals surface area contributed by atoms with Gasteiger partial charge in [0.15, 0.2) is 0 Å². The highest BCUT2D eigenvalue weighted by atomic mass is 16.6. The van der Waals surface area contributed by atoms with Crippen LogP contribution in [0.1, 0.15) is 43.9 Å². The van der Waals surface area contributed by atoms with Crippen LogP contribution in [-0.4, -0.2) is 46.0 Å². The number of nitrogens with zero attached hydrogens (tertiary/aromatic N) is 3. The highest BCUT2D eigenvalue weighted by Crippen LogP contribution is 2.40. The van der Waals surface area contributed by atoms with Gasteiger partial charge >= 0.3 is 11.9 Å². The second kappa shape index (κ2) is 8.36. The van der Waals surface area contributed by atoms with Gasteiger partial charge in [0.05, 0.1) is 35.6 Å². The molecule has 0 unspecified atom stereocenters. The van der Waals surface area contributed by atoms with Crippen LogP contribution in [0.2, 0.25) is 0 Å². The molecule has 0 amide bonds. The summed E-state index contributed by atoms with van der Waals surface area (Å²) in [5.74, 6) is -1.18. The van der Waals surface area contributed by atoms with E-state index in [1.54, 1.807) is 17.6 Å². The van der Waals surface area contributed by atoms with Crippen LogP contribution >= 0.6 is 0 Å². The molecule has 3 aromatic rings. The predicted octanol–water partition coefficient (Wildman–Crippen LogP) is 2.97. The largest absolute Gasteiger partial charge is 0.457 e. The molecule has 5 rings (SSSR count). The number of aromatic nitrogens is 2. The standard InChI is InChI=1S/C26H27N3O5/c1-4-26(34-22(30)14-28(5-2)6-3)19-12-21-23-17(11-16-9-7-8-10-20(16)27-23)13-29(21)24(31)18(19)15-33-25(26)32/h7-12H,4-6,13-15H2,1-3H3/t26-/m1/s1. The highest BCUT2D eigenvalue weighted by Gasteiger charge is 2.50. The number of benzene rings is 1. The number of fused-ring (bicyclic) bond motifs is 5. The number of carbonyl (C=O) groups is 2. The van der Waals surface area contributed by atoms with E-state index in [0.29, 0.717) is 42.1 Å². The Morgan fingerprint density at radius 1 is 1.18 bits per heavy atom. The van der Waals surface area contributed by atoms with E-state index in [-0.39, 0.29) is 25.1 Å². The average molecular weight is 462 g/mol. The first-order chi connectivity index (χ1) is 16.4. The third-order valence-corrected chi connectivity index (χ3v) is 6.92. The molecule has 8 nitrogen and oxygen atoms in total. The topological polar surface area (TPSA) is 90.7 Å². The number of hydrogen-bond acceptors (Lipinski definition) is 7. The summed E-state index contributed by atoms with van der Waals surface area (Å²) in [6.45, 7) is 7.32. The van der Waals surface area contributed by atoms with Crippen molar-refractivity contribution >= 4 is 22.8 Å². The second-order valence-corrected chi connectivity index (χ2v) is 8.69. The lowest BCUT2D eigenvalue weighted by Crippen LogP contribution is -2.48. The molecule has 0 bridgehead atoms. The number of rotatable bonds is 6. The Morgan fingerprint density at radius 3 is 2.68 bits per heavy atom. The molecular weight excluding hydrogens is 434 g/mol. The summed E-state index contributed by atoms with van der Waals surface area (Å²) in [6, 6.07) is 11.6. The molecule has 2 aliphatic heterocycles. The summed E-state index contributed by atoms with van der Waals surface area (Å²) in [4.78, 5) is 46.2. The molecule has 2 aliphatic rings. The van der Waals surface area contributed by atoms with E-state index in [2.05, 4.69) is 0 Å². The first-order valence-corrected chi connectivity index (χ1v) is 11.7. The molecule has 0 saturated heterocycles. The van der Waals surface area contributed by atoms with Gasteiger partial charge in [0.25, 0.3) is 5.56 Å². The van der Waals surface area contributed by atoms with Crippen LogP contribution in [0.3, 0.4) is 0 Å². The Hall–Kier alpha value is -3.52. The number of pyridine rings is 2. The first-order valence-electron chi connectivity index (χ1n) is 11.7. The molecule has 0 spiro atoms. The van der Waals surface area contributed by atoms with Crippen molar-refractivity contribution in [1.29, 1.82) is 0 Å². The SMILES string of the molecule is CCN(CC)CC(=O)O[C@@]1(CC)C(=O)OCc2c1cc1n(c2=O)Cc2cc3ccccc3nc2-1. The van der Waals surface area contributed by atoms with Crippen molar-refractivity contribution in [2.45, 2.75) is 45.9 Å². The van der Waals surface area contributed by atoms with Crippen LogP contribution in [-0.2, 0) is 37.8 Å². The zero-order chi connectivity index (χ0) is 24.0. The van der Waals surface area contributed by atoms with E-state index < -0.39 is 17.5 Å². The minimum absolute atomic E-state index is 0.0532. The molecule has 0 saturated carbocycles. The van der Waals surface area contributed by atoms with E-state index in [9.17, 15) is 14.4 Å². The van der Waals surface area contributed by atoms with Gasteiger partial charge in [0.2, 0.25) is 5.60 Å². The van der Waals surface area contributed by atoms with Crippen LogP contribution in [0.5, 0.6) is 0 Å². The fraction of sp³-hybridized carbons (Fsp3) is 0.385. The Kier molecular flexibility index (Phi) is 5.48. The molecule has 4 heterocycles. The number of para-hydroxylation sites is 1. The summed E-state index contributed by atoms with van der Waals surface area (Å²) in [7, 11) is 0. The number of likely N-dealkylation sites (N-methyl/N-ethyl adjacent to an activating group) is 1. The van der Waals surface area contributed by atoms with Crippen molar-refractivity contribution in [3.63, 3.8) is 0 Å². The molecule has 0 N–H and O–H groups in total. The maximum absolute atomic E-state index is 13.5. The summed E-state index contributed by atoms with van der Waals surface area (Å²) >= 11 is 0. The smallest absolute Gasteiger partial charge is 0.355 e. The van der Waals surface area contributed by atoms with Crippen LogP contribution in [0, 0.1) is 0 Å². The summed E-state index contributed by atoms with van der Waals surface area (Å²) in [5.41, 5.74) is 1.93. The number of ether oxygens (including phenoxy) is 2. The van der Waals surface area contributed by atoms with E-state index in [1.165, 1.54) is 0 Å². The van der Waals surface area contributed by atoms with Crippen molar-refractivity contribution < 1.29 is 19.1 Å². The summed E-state index contributed by atoms with van der Waals surface area (Å²) in [5, 5.41) is 0.999. The monoisotopic (exact) mass is 461 g/mol. The van der Waals surface area contributed by atoms with Crippen molar-refractivity contribution in [2.24, 2.45) is 0 Å². The van der Waals surface area contributed by atoms with E-state index in [4.69, 9.17) is 14.5 Å². The predicted molar refractivity (Wildman–Crippen MR) is 126 cm³/mol. The van der Waals surface area contributed by atoms with Crippen molar-refractivity contribution in [2.75, 3.05) is 19.6 Å². The molecule has 34 heavy (non-hydrogen) atoms. The number of cyclic esters (lactones) is 1. The highest BCUT2D eigenvalue weighted by molar-refractivity contribution is 5.88. The van der Waals surface area contributed by atoms with Gasteiger partial charge in [-0.15, -0.1) is 0 Å². The Bertz CT molecular complexity index is 1370. The number of carbonyl (C=O) groups excluding carboxylic acids is 2. The van der Waals surface area contributed by atoms with Gasteiger partial charge in [-0.1, -0.05) is 39.0 Å². The van der Waals surface area contributed by atoms with E-state index in [0.717, 1.165) is 16.5 Å². The normalized spacial score (nSPS) is 18.4. The van der Waals surface area contributed by atoms with Gasteiger partial charge in [-0.2, -0.15) is 0 Å². The molecule has 1 aromatic carbocycles. The quantitative estimate of drug-likeness (QED) is 0.408. The molecule has 8 heteroatoms. The zero-order valence-corrected chi connectivity index (χ0v) is 19.6. The van der Waals surface area contributed by atoms with Crippen molar-refractivity contribution in [1.82, 2.24) is 14.5 Å². The molecular formula is C26H27N3O5. The fourth-order valence-electron chi connectivity index (χ4n) is 4.94. The third kappa shape index (κ3) is 3.32. The molecule has 2 aromatic heterocycles. The van der Waals surface area contributed by atoms with Gasteiger partial charge in [-0.05, 0) is 37.7 Å². The van der Waals surface area contributed by atoms with Gasteiger partial charge in [0, 0.05) is 16.5 Å². The van der Waals surface area contributed by atoms with Gasteiger partial charge in [-0.25, -0.2) is 9.78 Å². The minimum atomic E-state index is -1.66. The van der Waals surface area contributed by atoms with Gasteiger partial charge in [-0.3, -0.25) is 14.5 Å². The lowest BCUT2D eigenvalue weighted by molar-refractivity contribution is -0.190. The lowest BCUT2D eigenvalue weighted by atomic mass is 9.85. The Labute approximate surface area is 197 Å². The maximum Gasteiger partial charge on any atom is 0.355 e. The zero-order valence-electron chi connectivity index (χ0n) is 19.6. The van der Waals surface area contributed by atoms with Crippen molar-refractivity contribution in [3.05, 3.63) is 63.4 Å². The summed E-state index contributed by atoms with van der Waals surface area (Å²) in [6.07, 6.45) is 0.156. The number of esters is 2. The number of hydrogen-bond donors (Lipinski definition) is 0. The molecule has 0 radical (unpaired) electrons. The third-order valence-electron chi connectivity index (χ3n) is 6.92. The minimum Gasteiger partial charge on any atom is -0.457 e. The van der Waals surface area contributed by atoms with Crippen molar-refractivity contribution in [3.8, 4) is 11.4 Å². The molecule has 176 valence electrons. The molecule has 0 aliphatic carbocycles. The van der Waals surface area contributed by atoms with Gasteiger partial charge < -0.3 is 14.0 Å². The van der Waals surface area contributed by atoms with E-state index in [1.807, 2.05) is 49.1 Å². The average Bonchev–Trinajstić information content (AvgIpc) is 3.20. The van der Waals surface area contributed by atoms with Crippen LogP contribution < -0.4 is 5.56 Å². The first kappa shape index (κ1) is 22.3. The Morgan fingerprint density at radius 2 is 1.94 bits per heavy atom. The van der Waals surface area contributed by atoms with E-state index >= 15 is 0 Å². The lowest BCUT2D eigenvalue weighted by Gasteiger charge is -2.36. The Balaban J connectivity index is 1.64. The van der Waals surface area contributed by atoms with Crippen LogP contribution in [0.25, 0.3) is 22.3 Å². The van der Waals surface area contributed by atoms with Gasteiger partial charge in [0.1, 0.15) is 6.61 Å². The second-order valence-electron chi connectivity index (χ2n) is 8.69. The maximum atomic E-state index is 13.5. The van der Waals surface area contributed by atoms with Crippen LogP contribution in [0.15, 0.2) is 41.2 Å². The van der Waals surface area contributed by atoms with Crippen LogP contribution in [0.4, 0.5) is 0 Å². The summed E-state index contributed by atoms with van der Waals surface area (Å²) < 4.78 is 12.9. The fourth-order valence-corrected chi connectivity index (χ4v) is 4.94. The molecule has 1 atom stereocenters.